The molecule has 0 atom stereocenters. The van der Waals surface area contributed by atoms with E-state index in [2.05, 4.69) is 30.4 Å². The van der Waals surface area contributed by atoms with Crippen LogP contribution in [0.15, 0.2) is 46.3 Å². The zero-order chi connectivity index (χ0) is 20.7. The molecule has 4 heterocycles. The first-order chi connectivity index (χ1) is 14.7. The van der Waals surface area contributed by atoms with Crippen molar-refractivity contribution in [3.05, 3.63) is 53.1 Å². The summed E-state index contributed by atoms with van der Waals surface area (Å²) < 4.78 is 12.1. The highest BCUT2D eigenvalue weighted by atomic mass is 16.5. The van der Waals surface area contributed by atoms with E-state index >= 15 is 0 Å². The highest BCUT2D eigenvalue weighted by molar-refractivity contribution is 5.96. The SMILES string of the molecule is CCn1cc2[nH]c(=O)c(-c3nc4ccc(OC)cc4[nH]3)c(NCc3cocn3)c2n1. The molecule has 0 aliphatic rings. The summed E-state index contributed by atoms with van der Waals surface area (Å²) in [7, 11) is 1.60. The van der Waals surface area contributed by atoms with Gasteiger partial charge >= 0.3 is 0 Å². The molecule has 0 amide bonds. The first kappa shape index (κ1) is 18.0. The highest BCUT2D eigenvalue weighted by Gasteiger charge is 2.20. The minimum atomic E-state index is -0.271. The summed E-state index contributed by atoms with van der Waals surface area (Å²) >= 11 is 0. The highest BCUT2D eigenvalue weighted by Crippen LogP contribution is 2.31. The number of methoxy groups -OCH3 is 1. The molecule has 5 aromatic rings. The third-order valence-corrected chi connectivity index (χ3v) is 4.90. The average Bonchev–Trinajstić information content (AvgIpc) is 3.49. The van der Waals surface area contributed by atoms with Crippen molar-refractivity contribution in [1.82, 2.24) is 29.7 Å². The molecule has 0 unspecified atom stereocenters. The lowest BCUT2D eigenvalue weighted by Gasteiger charge is -2.09. The first-order valence-electron chi connectivity index (χ1n) is 9.44. The smallest absolute Gasteiger partial charge is 0.261 e. The van der Waals surface area contributed by atoms with Gasteiger partial charge in [0.05, 0.1) is 41.6 Å². The molecule has 30 heavy (non-hydrogen) atoms. The summed E-state index contributed by atoms with van der Waals surface area (Å²) in [5.74, 6) is 1.14. The van der Waals surface area contributed by atoms with Gasteiger partial charge in [0.25, 0.3) is 5.56 Å². The molecule has 0 saturated carbocycles. The normalized spacial score (nSPS) is 11.4. The summed E-state index contributed by atoms with van der Waals surface area (Å²) in [6, 6.07) is 5.51. The summed E-state index contributed by atoms with van der Waals surface area (Å²) in [5, 5.41) is 7.92. The van der Waals surface area contributed by atoms with Crippen molar-refractivity contribution < 1.29 is 9.15 Å². The van der Waals surface area contributed by atoms with Crippen LogP contribution in [0.1, 0.15) is 12.6 Å². The van der Waals surface area contributed by atoms with Crippen molar-refractivity contribution >= 4 is 27.8 Å². The number of fused-ring (bicyclic) bond motifs is 2. The molecular formula is C20H19N7O3. The van der Waals surface area contributed by atoms with Crippen LogP contribution in [0.3, 0.4) is 0 Å². The van der Waals surface area contributed by atoms with Gasteiger partial charge in [-0.3, -0.25) is 9.48 Å². The third kappa shape index (κ3) is 2.98. The Balaban J connectivity index is 1.70. The number of benzene rings is 1. The van der Waals surface area contributed by atoms with Gasteiger partial charge in [0.2, 0.25) is 0 Å². The fourth-order valence-electron chi connectivity index (χ4n) is 3.41. The second-order valence-corrected chi connectivity index (χ2v) is 6.75. The monoisotopic (exact) mass is 405 g/mol. The zero-order valence-electron chi connectivity index (χ0n) is 16.4. The number of anilines is 1. The predicted molar refractivity (Wildman–Crippen MR) is 111 cm³/mol. The second-order valence-electron chi connectivity index (χ2n) is 6.75. The molecule has 4 aromatic heterocycles. The molecule has 0 aliphatic heterocycles. The van der Waals surface area contributed by atoms with E-state index in [9.17, 15) is 4.79 Å². The summed E-state index contributed by atoms with van der Waals surface area (Å²) in [6.07, 6.45) is 4.73. The van der Waals surface area contributed by atoms with Gasteiger partial charge in [0.15, 0.2) is 6.39 Å². The number of hydrogen-bond donors (Lipinski definition) is 3. The standard InChI is InChI=1S/C20H19N7O3/c1-3-27-8-15-17(26-27)18(21-7-11-9-30-10-22-11)16(20(28)25-15)19-23-13-5-4-12(29-2)6-14(13)24-19/h4-6,8-10,21H,3,7H2,1-2H3,(H,23,24)(H,25,28). The molecular weight excluding hydrogens is 386 g/mol. The predicted octanol–water partition coefficient (Wildman–Crippen LogP) is 2.90. The van der Waals surface area contributed by atoms with E-state index in [1.807, 2.05) is 31.3 Å². The van der Waals surface area contributed by atoms with E-state index in [0.29, 0.717) is 52.6 Å². The van der Waals surface area contributed by atoms with Crippen molar-refractivity contribution in [2.45, 2.75) is 20.0 Å². The van der Waals surface area contributed by atoms with E-state index < -0.39 is 0 Å². The minimum absolute atomic E-state index is 0.271. The lowest BCUT2D eigenvalue weighted by molar-refractivity contribution is 0.415. The van der Waals surface area contributed by atoms with E-state index in [0.717, 1.165) is 11.0 Å². The number of rotatable bonds is 6. The first-order valence-corrected chi connectivity index (χ1v) is 9.44. The number of H-pyrrole nitrogens is 2. The van der Waals surface area contributed by atoms with Crippen LogP contribution >= 0.6 is 0 Å². The van der Waals surface area contributed by atoms with E-state index in [4.69, 9.17) is 9.15 Å². The van der Waals surface area contributed by atoms with Crippen LogP contribution in [0.25, 0.3) is 33.5 Å². The molecule has 1 aromatic carbocycles. The average molecular weight is 405 g/mol. The van der Waals surface area contributed by atoms with Crippen LogP contribution in [-0.2, 0) is 13.1 Å². The number of nitrogens with one attached hydrogen (secondary N) is 3. The maximum Gasteiger partial charge on any atom is 0.261 e. The van der Waals surface area contributed by atoms with E-state index in [1.54, 1.807) is 18.1 Å². The maximum absolute atomic E-state index is 13.1. The van der Waals surface area contributed by atoms with Gasteiger partial charge in [0.1, 0.15) is 28.9 Å². The quantitative estimate of drug-likeness (QED) is 0.396. The van der Waals surface area contributed by atoms with Gasteiger partial charge in [-0.05, 0) is 19.1 Å². The Hall–Kier alpha value is -4.08. The van der Waals surface area contributed by atoms with Crippen molar-refractivity contribution in [3.63, 3.8) is 0 Å². The molecule has 0 saturated heterocycles. The Morgan fingerprint density at radius 3 is 2.93 bits per heavy atom. The fraction of sp³-hybridized carbons (Fsp3) is 0.200. The number of nitrogens with zero attached hydrogens (tertiary/aromatic N) is 4. The van der Waals surface area contributed by atoms with E-state index in [-0.39, 0.29) is 5.56 Å². The molecule has 0 bridgehead atoms. The molecule has 3 N–H and O–H groups in total. The summed E-state index contributed by atoms with van der Waals surface area (Å²) in [6.45, 7) is 3.04. The summed E-state index contributed by atoms with van der Waals surface area (Å²) in [5.41, 5.74) is 4.18. The van der Waals surface area contributed by atoms with Crippen molar-refractivity contribution in [3.8, 4) is 17.1 Å². The molecule has 0 fully saturated rings. The lowest BCUT2D eigenvalue weighted by Crippen LogP contribution is -2.14. The Labute approximate surface area is 169 Å². The Morgan fingerprint density at radius 2 is 2.17 bits per heavy atom. The van der Waals surface area contributed by atoms with Gasteiger partial charge in [-0.25, -0.2) is 9.97 Å². The third-order valence-electron chi connectivity index (χ3n) is 4.90. The Bertz CT molecular complexity index is 1400. The van der Waals surface area contributed by atoms with Crippen LogP contribution in [0.4, 0.5) is 5.69 Å². The van der Waals surface area contributed by atoms with Crippen LogP contribution in [0.5, 0.6) is 5.75 Å². The van der Waals surface area contributed by atoms with Crippen molar-refractivity contribution in [2.24, 2.45) is 0 Å². The largest absolute Gasteiger partial charge is 0.497 e. The van der Waals surface area contributed by atoms with Gasteiger partial charge in [-0.15, -0.1) is 0 Å². The van der Waals surface area contributed by atoms with E-state index in [1.165, 1.54) is 6.39 Å². The molecule has 0 radical (unpaired) electrons. The van der Waals surface area contributed by atoms with Crippen LogP contribution in [0.2, 0.25) is 0 Å². The molecule has 5 rings (SSSR count). The number of aryl methyl sites for hydroxylation is 1. The van der Waals surface area contributed by atoms with Gasteiger partial charge in [0, 0.05) is 18.8 Å². The number of pyridine rings is 1. The minimum Gasteiger partial charge on any atom is -0.497 e. The summed E-state index contributed by atoms with van der Waals surface area (Å²) in [4.78, 5) is 28.0. The molecule has 152 valence electrons. The van der Waals surface area contributed by atoms with Crippen LogP contribution < -0.4 is 15.6 Å². The molecule has 0 spiro atoms. The molecule has 10 nitrogen and oxygen atoms in total. The number of aromatic nitrogens is 6. The number of aromatic amines is 2. The van der Waals surface area contributed by atoms with Gasteiger partial charge in [-0.2, -0.15) is 5.10 Å². The number of imidazole rings is 1. The van der Waals surface area contributed by atoms with Gasteiger partial charge < -0.3 is 24.4 Å². The number of oxazole rings is 1. The lowest BCUT2D eigenvalue weighted by atomic mass is 10.2. The van der Waals surface area contributed by atoms with Crippen LogP contribution in [0, 0.1) is 0 Å². The van der Waals surface area contributed by atoms with Crippen molar-refractivity contribution in [1.29, 1.82) is 0 Å². The van der Waals surface area contributed by atoms with Crippen LogP contribution in [-0.4, -0.2) is 36.8 Å². The maximum atomic E-state index is 13.1. The zero-order valence-corrected chi connectivity index (χ0v) is 16.4. The molecule has 10 heteroatoms. The van der Waals surface area contributed by atoms with Crippen molar-refractivity contribution in [2.75, 3.05) is 12.4 Å². The molecule has 0 aliphatic carbocycles. The fourth-order valence-corrected chi connectivity index (χ4v) is 3.41. The topological polar surface area (TPSA) is 127 Å². The second kappa shape index (κ2) is 7.07. The Kier molecular flexibility index (Phi) is 4.24. The Morgan fingerprint density at radius 1 is 1.27 bits per heavy atom. The number of ether oxygens (including phenoxy) is 1. The number of hydrogen-bond acceptors (Lipinski definition) is 7. The van der Waals surface area contributed by atoms with Gasteiger partial charge in [-0.1, -0.05) is 0 Å².